The van der Waals surface area contributed by atoms with Crippen LogP contribution in [0.1, 0.15) is 6.42 Å². The van der Waals surface area contributed by atoms with E-state index in [0.717, 1.165) is 0 Å². The molecule has 1 N–H and O–H groups in total. The Labute approximate surface area is 92.0 Å². The van der Waals surface area contributed by atoms with Crippen LogP contribution < -0.4 is 0 Å². The Morgan fingerprint density at radius 3 is 2.44 bits per heavy atom. The van der Waals surface area contributed by atoms with Gasteiger partial charge in [0.15, 0.2) is 15.9 Å². The Hall–Kier alpha value is -0.340. The van der Waals surface area contributed by atoms with E-state index >= 15 is 0 Å². The van der Waals surface area contributed by atoms with E-state index in [1.54, 1.807) is 0 Å². The molecule has 0 spiro atoms. The number of hydrogen-bond acceptors (Lipinski definition) is 4. The molecule has 0 amide bonds. The first-order valence-electron chi connectivity index (χ1n) is 4.77. The highest BCUT2D eigenvalue weighted by Crippen LogP contribution is 2.23. The number of aliphatic hydroxyl groups is 1. The monoisotopic (exact) mass is 261 g/mol. The number of rotatable bonds is 3. The number of likely N-dealkylation sites (N-methyl/N-ethyl adjacent to an activating group) is 1. The summed E-state index contributed by atoms with van der Waals surface area (Å²) in [7, 11) is -1.73. The molecular weight excluding hydrogens is 247 g/mol. The molecule has 0 bridgehead atoms. The molecule has 2 atom stereocenters. The molecule has 1 aliphatic rings. The summed E-state index contributed by atoms with van der Waals surface area (Å²) in [5.74, 6) is -0.127. The predicted molar refractivity (Wildman–Crippen MR) is 51.8 cm³/mol. The molecule has 1 heterocycles. The summed E-state index contributed by atoms with van der Waals surface area (Å²) in [6.45, 7) is -0.594. The number of halogens is 3. The third kappa shape index (κ3) is 3.60. The average Bonchev–Trinajstić information content (AvgIpc) is 2.44. The molecule has 2 unspecified atom stereocenters. The van der Waals surface area contributed by atoms with Crippen LogP contribution >= 0.6 is 0 Å². The van der Waals surface area contributed by atoms with Crippen molar-refractivity contribution < 1.29 is 26.7 Å². The third-order valence-electron chi connectivity index (χ3n) is 2.67. The average molecular weight is 261 g/mol. The molecule has 0 saturated carbocycles. The molecule has 0 aliphatic carbocycles. The maximum Gasteiger partial charge on any atom is 0.415 e. The van der Waals surface area contributed by atoms with Crippen molar-refractivity contribution in [3.05, 3.63) is 0 Å². The standard InChI is InChI=1S/C8H14F3NO3S/c1-12(4-7(13)8(9,10)11)6-2-3-16(14,15)5-6/h6-7,13H,2-5H2,1H3. The van der Waals surface area contributed by atoms with Gasteiger partial charge in [0.25, 0.3) is 0 Å². The van der Waals surface area contributed by atoms with Gasteiger partial charge in [0.2, 0.25) is 0 Å². The summed E-state index contributed by atoms with van der Waals surface area (Å²) in [4.78, 5) is 1.25. The molecule has 0 radical (unpaired) electrons. The summed E-state index contributed by atoms with van der Waals surface area (Å²) in [5.41, 5.74) is 0. The summed E-state index contributed by atoms with van der Waals surface area (Å²) >= 11 is 0. The van der Waals surface area contributed by atoms with E-state index in [1.165, 1.54) is 11.9 Å². The van der Waals surface area contributed by atoms with Crippen LogP contribution in [0, 0.1) is 0 Å². The lowest BCUT2D eigenvalue weighted by Crippen LogP contribution is -2.44. The molecule has 0 aromatic rings. The summed E-state index contributed by atoms with van der Waals surface area (Å²) < 4.78 is 58.4. The Bertz CT molecular complexity index is 341. The van der Waals surface area contributed by atoms with Crippen LogP contribution in [0.2, 0.25) is 0 Å². The molecule has 4 nitrogen and oxygen atoms in total. The van der Waals surface area contributed by atoms with Gasteiger partial charge in [-0.3, -0.25) is 4.90 Å². The van der Waals surface area contributed by atoms with E-state index in [-0.39, 0.29) is 11.5 Å². The van der Waals surface area contributed by atoms with Crippen molar-refractivity contribution in [2.75, 3.05) is 25.1 Å². The van der Waals surface area contributed by atoms with Gasteiger partial charge in [0.05, 0.1) is 11.5 Å². The lowest BCUT2D eigenvalue weighted by molar-refractivity contribution is -0.208. The van der Waals surface area contributed by atoms with Gasteiger partial charge in [-0.1, -0.05) is 0 Å². The van der Waals surface area contributed by atoms with Crippen LogP contribution in [-0.4, -0.2) is 61.8 Å². The Balaban J connectivity index is 2.51. The molecule has 0 aromatic carbocycles. The van der Waals surface area contributed by atoms with Crippen LogP contribution in [0.25, 0.3) is 0 Å². The van der Waals surface area contributed by atoms with Crippen LogP contribution in [-0.2, 0) is 9.84 Å². The van der Waals surface area contributed by atoms with Gasteiger partial charge in [0.1, 0.15) is 0 Å². The molecule has 8 heteroatoms. The quantitative estimate of drug-likeness (QED) is 0.778. The summed E-state index contributed by atoms with van der Waals surface area (Å²) in [5, 5.41) is 8.83. The fraction of sp³-hybridized carbons (Fsp3) is 1.00. The van der Waals surface area contributed by atoms with Gasteiger partial charge in [-0.25, -0.2) is 8.42 Å². The minimum absolute atomic E-state index is 0.00409. The molecule has 1 rings (SSSR count). The van der Waals surface area contributed by atoms with Gasteiger partial charge in [-0.2, -0.15) is 13.2 Å². The van der Waals surface area contributed by atoms with E-state index < -0.39 is 34.7 Å². The zero-order chi connectivity index (χ0) is 12.6. The van der Waals surface area contributed by atoms with Crippen molar-refractivity contribution in [3.63, 3.8) is 0 Å². The van der Waals surface area contributed by atoms with E-state index in [1.807, 2.05) is 0 Å². The Morgan fingerprint density at radius 1 is 1.50 bits per heavy atom. The fourth-order valence-corrected chi connectivity index (χ4v) is 3.45. The number of hydrogen-bond donors (Lipinski definition) is 1. The van der Waals surface area contributed by atoms with Crippen molar-refractivity contribution in [1.82, 2.24) is 4.90 Å². The smallest absolute Gasteiger partial charge is 0.382 e. The van der Waals surface area contributed by atoms with Crippen molar-refractivity contribution in [2.24, 2.45) is 0 Å². The van der Waals surface area contributed by atoms with E-state index in [0.29, 0.717) is 6.42 Å². The Morgan fingerprint density at radius 2 is 2.06 bits per heavy atom. The first-order chi connectivity index (χ1) is 7.12. The topological polar surface area (TPSA) is 57.6 Å². The second kappa shape index (κ2) is 4.50. The van der Waals surface area contributed by atoms with Crippen molar-refractivity contribution in [3.8, 4) is 0 Å². The zero-order valence-electron chi connectivity index (χ0n) is 8.74. The maximum atomic E-state index is 12.1. The van der Waals surface area contributed by atoms with Crippen molar-refractivity contribution in [2.45, 2.75) is 24.7 Å². The molecule has 1 fully saturated rings. The lowest BCUT2D eigenvalue weighted by Gasteiger charge is -2.26. The van der Waals surface area contributed by atoms with Crippen LogP contribution in [0.4, 0.5) is 13.2 Å². The van der Waals surface area contributed by atoms with Gasteiger partial charge in [-0.15, -0.1) is 0 Å². The number of sulfone groups is 1. The lowest BCUT2D eigenvalue weighted by atomic mass is 10.2. The van der Waals surface area contributed by atoms with E-state index in [4.69, 9.17) is 5.11 Å². The highest BCUT2D eigenvalue weighted by Gasteiger charge is 2.40. The van der Waals surface area contributed by atoms with Gasteiger partial charge in [0, 0.05) is 12.6 Å². The molecule has 96 valence electrons. The molecule has 1 aliphatic heterocycles. The number of nitrogens with zero attached hydrogens (tertiary/aromatic N) is 1. The first kappa shape index (κ1) is 13.7. The minimum Gasteiger partial charge on any atom is -0.382 e. The Kier molecular flexibility index (Phi) is 3.86. The predicted octanol–water partition coefficient (Wildman–Crippen LogP) is 0.0285. The van der Waals surface area contributed by atoms with E-state index in [9.17, 15) is 21.6 Å². The van der Waals surface area contributed by atoms with Crippen LogP contribution in [0.15, 0.2) is 0 Å². The van der Waals surface area contributed by atoms with Crippen LogP contribution in [0.3, 0.4) is 0 Å². The number of aliphatic hydroxyl groups excluding tert-OH is 1. The van der Waals surface area contributed by atoms with Gasteiger partial charge >= 0.3 is 6.18 Å². The SMILES string of the molecule is CN(CC(O)C(F)(F)F)C1CCS(=O)(=O)C1. The molecule has 1 saturated heterocycles. The summed E-state index contributed by atoms with van der Waals surface area (Å²) in [6, 6.07) is -0.429. The molecule has 16 heavy (non-hydrogen) atoms. The first-order valence-corrected chi connectivity index (χ1v) is 6.59. The molecule has 0 aromatic heterocycles. The van der Waals surface area contributed by atoms with E-state index in [2.05, 4.69) is 0 Å². The minimum atomic E-state index is -4.66. The fourth-order valence-electron chi connectivity index (χ4n) is 1.65. The maximum absolute atomic E-state index is 12.1. The van der Waals surface area contributed by atoms with Crippen molar-refractivity contribution >= 4 is 9.84 Å². The van der Waals surface area contributed by atoms with Crippen molar-refractivity contribution in [1.29, 1.82) is 0 Å². The third-order valence-corrected chi connectivity index (χ3v) is 4.42. The van der Waals surface area contributed by atoms with Crippen LogP contribution in [0.5, 0.6) is 0 Å². The zero-order valence-corrected chi connectivity index (χ0v) is 9.55. The second-order valence-corrected chi connectivity index (χ2v) is 6.28. The molecular formula is C8H14F3NO3S. The van der Waals surface area contributed by atoms with Gasteiger partial charge < -0.3 is 5.11 Å². The normalized spacial score (nSPS) is 27.2. The summed E-state index contributed by atoms with van der Waals surface area (Å²) in [6.07, 6.45) is -6.77. The highest BCUT2D eigenvalue weighted by atomic mass is 32.2. The number of alkyl halides is 3. The second-order valence-electron chi connectivity index (χ2n) is 4.05. The highest BCUT2D eigenvalue weighted by molar-refractivity contribution is 7.91. The largest absolute Gasteiger partial charge is 0.415 e. The van der Waals surface area contributed by atoms with Gasteiger partial charge in [-0.05, 0) is 13.5 Å².